The van der Waals surface area contributed by atoms with Crippen LogP contribution < -0.4 is 10.2 Å². The van der Waals surface area contributed by atoms with Crippen LogP contribution in [-0.2, 0) is 12.8 Å². The molecule has 3 rings (SSSR count). The fourth-order valence-electron chi connectivity index (χ4n) is 3.65. The van der Waals surface area contributed by atoms with E-state index in [-0.39, 0.29) is 29.4 Å². The number of aromatic carboxylic acids is 1. The van der Waals surface area contributed by atoms with Gasteiger partial charge in [-0.05, 0) is 42.5 Å². The van der Waals surface area contributed by atoms with Gasteiger partial charge in [0.15, 0.2) is 11.6 Å². The second-order valence-corrected chi connectivity index (χ2v) is 7.85. The molecule has 0 unspecified atom stereocenters. The van der Waals surface area contributed by atoms with Crippen molar-refractivity contribution in [1.82, 2.24) is 9.55 Å². The van der Waals surface area contributed by atoms with E-state index in [1.54, 1.807) is 0 Å². The molecule has 0 fully saturated rings. The predicted octanol–water partition coefficient (Wildman–Crippen LogP) is 3.36. The van der Waals surface area contributed by atoms with Gasteiger partial charge in [0.2, 0.25) is 11.3 Å². The number of aryl methyl sites for hydroxylation is 2. The van der Waals surface area contributed by atoms with E-state index in [9.17, 15) is 28.6 Å². The number of fused-ring (bicyclic) bond motifs is 1. The van der Waals surface area contributed by atoms with Gasteiger partial charge < -0.3 is 19.5 Å². The standard InChI is InChI=1S/C23H24F2N2O5/c1-12(2)19(11-28)27-10-16(23(30)31)20(29)15-9-14(22(32-3)26-21(15)27)6-4-13-5-7-17(24)18(25)8-13/h5,7-10,12,19,28H,4,6,11H2,1-3H3,(H,30,31)/t19-/m1/s1. The molecular formula is C23H24F2N2O5. The molecule has 170 valence electrons. The first kappa shape index (κ1) is 23.3. The van der Waals surface area contributed by atoms with Crippen LogP contribution in [0.1, 0.15) is 41.4 Å². The smallest absolute Gasteiger partial charge is 0.341 e. The topological polar surface area (TPSA) is 102 Å². The lowest BCUT2D eigenvalue weighted by Gasteiger charge is -2.24. The van der Waals surface area contributed by atoms with Gasteiger partial charge in [-0.3, -0.25) is 4.79 Å². The minimum atomic E-state index is -1.38. The Morgan fingerprint density at radius 1 is 1.19 bits per heavy atom. The average Bonchev–Trinajstić information content (AvgIpc) is 2.75. The van der Waals surface area contributed by atoms with Crippen molar-refractivity contribution in [3.8, 4) is 5.88 Å². The van der Waals surface area contributed by atoms with Gasteiger partial charge >= 0.3 is 5.97 Å². The Morgan fingerprint density at radius 3 is 2.47 bits per heavy atom. The molecule has 0 aliphatic carbocycles. The van der Waals surface area contributed by atoms with Crippen LogP contribution in [0.2, 0.25) is 0 Å². The summed E-state index contributed by atoms with van der Waals surface area (Å²) >= 11 is 0. The summed E-state index contributed by atoms with van der Waals surface area (Å²) in [6.45, 7) is 3.44. The molecule has 32 heavy (non-hydrogen) atoms. The number of benzene rings is 1. The van der Waals surface area contributed by atoms with Gasteiger partial charge in [-0.1, -0.05) is 19.9 Å². The molecule has 9 heteroatoms. The highest BCUT2D eigenvalue weighted by Crippen LogP contribution is 2.27. The number of carboxylic acid groups (broad SMARTS) is 1. The summed E-state index contributed by atoms with van der Waals surface area (Å²) in [6.07, 6.45) is 1.81. The van der Waals surface area contributed by atoms with Crippen LogP contribution in [0.3, 0.4) is 0 Å². The molecule has 0 aliphatic heterocycles. The highest BCUT2D eigenvalue weighted by atomic mass is 19.2. The molecule has 2 heterocycles. The molecule has 0 saturated carbocycles. The molecule has 0 saturated heterocycles. The van der Waals surface area contributed by atoms with Crippen LogP contribution in [0.15, 0.2) is 35.3 Å². The lowest BCUT2D eigenvalue weighted by Crippen LogP contribution is -2.26. The summed E-state index contributed by atoms with van der Waals surface area (Å²) in [7, 11) is 1.41. The maximum Gasteiger partial charge on any atom is 0.341 e. The zero-order valence-corrected chi connectivity index (χ0v) is 17.9. The van der Waals surface area contributed by atoms with Crippen molar-refractivity contribution in [1.29, 1.82) is 0 Å². The first-order chi connectivity index (χ1) is 15.2. The summed E-state index contributed by atoms with van der Waals surface area (Å²) in [6, 6.07) is 4.60. The molecule has 0 bridgehead atoms. The summed E-state index contributed by atoms with van der Waals surface area (Å²) in [5.74, 6) is -3.14. The van der Waals surface area contributed by atoms with Gasteiger partial charge in [-0.25, -0.2) is 13.6 Å². The number of ether oxygens (including phenoxy) is 1. The van der Waals surface area contributed by atoms with Crippen LogP contribution in [0, 0.1) is 17.6 Å². The highest BCUT2D eigenvalue weighted by molar-refractivity contribution is 5.92. The molecule has 0 amide bonds. The molecule has 1 atom stereocenters. The van der Waals surface area contributed by atoms with Crippen molar-refractivity contribution in [2.24, 2.45) is 5.92 Å². The number of aliphatic hydroxyl groups is 1. The molecule has 0 radical (unpaired) electrons. The van der Waals surface area contributed by atoms with Gasteiger partial charge in [0.25, 0.3) is 0 Å². The second-order valence-electron chi connectivity index (χ2n) is 7.85. The Balaban J connectivity index is 2.16. The molecule has 7 nitrogen and oxygen atoms in total. The minimum Gasteiger partial charge on any atom is -0.481 e. The van der Waals surface area contributed by atoms with Crippen molar-refractivity contribution in [2.75, 3.05) is 13.7 Å². The quantitative estimate of drug-likeness (QED) is 0.550. The number of nitrogens with zero attached hydrogens (tertiary/aromatic N) is 2. The molecule has 0 spiro atoms. The number of aromatic nitrogens is 2. The van der Waals surface area contributed by atoms with E-state index in [1.807, 2.05) is 13.8 Å². The third-order valence-electron chi connectivity index (χ3n) is 5.45. The zero-order chi connectivity index (χ0) is 23.6. The van der Waals surface area contributed by atoms with Crippen molar-refractivity contribution >= 4 is 17.0 Å². The second kappa shape index (κ2) is 9.44. The molecular weight excluding hydrogens is 422 g/mol. The van der Waals surface area contributed by atoms with Crippen LogP contribution in [0.25, 0.3) is 11.0 Å². The minimum absolute atomic E-state index is 0.0742. The summed E-state index contributed by atoms with van der Waals surface area (Å²) < 4.78 is 33.6. The number of carbonyl (C=O) groups is 1. The Hall–Kier alpha value is -3.33. The van der Waals surface area contributed by atoms with Gasteiger partial charge in [0, 0.05) is 11.8 Å². The Morgan fingerprint density at radius 2 is 1.91 bits per heavy atom. The summed E-state index contributed by atoms with van der Waals surface area (Å²) in [4.78, 5) is 29.0. The van der Waals surface area contributed by atoms with E-state index in [1.165, 1.54) is 30.0 Å². The number of hydrogen-bond acceptors (Lipinski definition) is 5. The van der Waals surface area contributed by atoms with E-state index in [4.69, 9.17) is 4.74 Å². The van der Waals surface area contributed by atoms with Crippen molar-refractivity contribution in [3.05, 3.63) is 69.0 Å². The SMILES string of the molecule is COc1nc2c(cc1CCc1ccc(F)c(F)c1)c(=O)c(C(=O)O)cn2[C@H](CO)C(C)C. The van der Waals surface area contributed by atoms with Gasteiger partial charge in [-0.15, -0.1) is 0 Å². The highest BCUT2D eigenvalue weighted by Gasteiger charge is 2.23. The molecule has 3 aromatic rings. The Labute approximate surface area is 182 Å². The molecule has 1 aromatic carbocycles. The number of halogens is 2. The maximum absolute atomic E-state index is 13.5. The monoisotopic (exact) mass is 446 g/mol. The normalized spacial score (nSPS) is 12.3. The Bertz CT molecular complexity index is 1220. The van der Waals surface area contributed by atoms with Crippen molar-refractivity contribution in [3.63, 3.8) is 0 Å². The summed E-state index contributed by atoms with van der Waals surface area (Å²) in [5, 5.41) is 19.5. The third-order valence-corrected chi connectivity index (χ3v) is 5.45. The van der Waals surface area contributed by atoms with Gasteiger partial charge in [0.1, 0.15) is 11.2 Å². The first-order valence-electron chi connectivity index (χ1n) is 10.1. The molecule has 2 N–H and O–H groups in total. The van der Waals surface area contributed by atoms with E-state index < -0.39 is 34.6 Å². The number of aliphatic hydroxyl groups excluding tert-OH is 1. The first-order valence-corrected chi connectivity index (χ1v) is 10.1. The van der Waals surface area contributed by atoms with Crippen molar-refractivity contribution < 1.29 is 28.5 Å². The molecule has 2 aromatic heterocycles. The largest absolute Gasteiger partial charge is 0.481 e. The summed E-state index contributed by atoms with van der Waals surface area (Å²) in [5.41, 5.74) is 0.119. The number of hydrogen-bond donors (Lipinski definition) is 2. The average molecular weight is 446 g/mol. The molecule has 0 aliphatic rings. The predicted molar refractivity (Wildman–Crippen MR) is 114 cm³/mol. The van der Waals surface area contributed by atoms with Crippen LogP contribution in [0.4, 0.5) is 8.78 Å². The third kappa shape index (κ3) is 4.47. The van der Waals surface area contributed by atoms with E-state index in [0.29, 0.717) is 24.0 Å². The lowest BCUT2D eigenvalue weighted by atomic mass is 10.0. The lowest BCUT2D eigenvalue weighted by molar-refractivity contribution is 0.0694. The van der Waals surface area contributed by atoms with Crippen LogP contribution in [0.5, 0.6) is 5.88 Å². The number of pyridine rings is 2. The van der Waals surface area contributed by atoms with Gasteiger partial charge in [-0.2, -0.15) is 4.98 Å². The number of rotatable bonds is 8. The number of carboxylic acids is 1. The van der Waals surface area contributed by atoms with E-state index in [2.05, 4.69) is 4.98 Å². The fourth-order valence-corrected chi connectivity index (χ4v) is 3.65. The fraction of sp³-hybridized carbons (Fsp3) is 0.348. The van der Waals surface area contributed by atoms with E-state index >= 15 is 0 Å². The van der Waals surface area contributed by atoms with Crippen LogP contribution in [-0.4, -0.2) is 39.5 Å². The van der Waals surface area contributed by atoms with E-state index in [0.717, 1.165) is 12.1 Å². The number of methoxy groups -OCH3 is 1. The van der Waals surface area contributed by atoms with Crippen molar-refractivity contribution in [2.45, 2.75) is 32.7 Å². The Kier molecular flexibility index (Phi) is 6.88. The van der Waals surface area contributed by atoms with Gasteiger partial charge in [0.05, 0.1) is 25.1 Å². The zero-order valence-electron chi connectivity index (χ0n) is 17.9. The maximum atomic E-state index is 13.5. The van der Waals surface area contributed by atoms with Crippen LogP contribution >= 0.6 is 0 Å².